The maximum atomic E-state index is 2.68. The maximum Gasteiger partial charge on any atom is 0.252 e. The summed E-state index contributed by atoms with van der Waals surface area (Å²) in [5, 5.41) is 2.49. The highest BCUT2D eigenvalue weighted by Crippen LogP contribution is 2.56. The summed E-state index contributed by atoms with van der Waals surface area (Å²) in [4.78, 5) is 13.2. The molecule has 0 aliphatic carbocycles. The molecule has 5 heterocycles. The molecule has 0 saturated carbocycles. The number of nitrogens with zero attached hydrogens (tertiary/aromatic N) is 6. The van der Waals surface area contributed by atoms with E-state index in [-0.39, 0.29) is 45.9 Å². The fraction of sp³-hybridized carbons (Fsp3) is 0.182. The van der Waals surface area contributed by atoms with Gasteiger partial charge in [0.15, 0.2) is 0 Å². The Labute approximate surface area is 828 Å². The third kappa shape index (κ3) is 15.2. The predicted octanol–water partition coefficient (Wildman–Crippen LogP) is 32.5. The van der Waals surface area contributed by atoms with Crippen molar-refractivity contribution in [3.8, 4) is 61.3 Å². The molecule has 1 aromatic heterocycles. The van der Waals surface area contributed by atoms with Crippen LogP contribution in [-0.4, -0.2) is 18.0 Å². The highest BCUT2D eigenvalue weighted by molar-refractivity contribution is 7.01. The SMILES string of the molecule is CC(C)(C)c1ccc(N2c3ccccc3B3c4cc(-c5cccc(N(c6ccccc6)c6cc7c8c(c6)N(c6ccccc6-c6ccccc6)c6cc(C(C)(C)C)ccc6B8c6ccc(C(C)(C)C)cc6N7c6ccccc6-c6ccccc6)c5)ccc4N(c4ccc(C(C)(C)C)cc4-c4ccccc4)c4cc(-n5c6ccc(C(C)(C)C)cc6c6cc(C(C)(C)C)ccc65)cc2c43)c(-c2ccccc2)c1. The van der Waals surface area contributed by atoms with E-state index in [9.17, 15) is 0 Å². The van der Waals surface area contributed by atoms with Gasteiger partial charge in [0.05, 0.1) is 45.2 Å². The fourth-order valence-electron chi connectivity index (χ4n) is 22.6. The minimum Gasteiger partial charge on any atom is -0.311 e. The van der Waals surface area contributed by atoms with Gasteiger partial charge < -0.3 is 29.1 Å². The normalized spacial score (nSPS) is 13.4. The summed E-state index contributed by atoms with van der Waals surface area (Å²) in [6, 6.07) is 154. The summed E-state index contributed by atoms with van der Waals surface area (Å²) in [6.07, 6.45) is 0. The number of fused-ring (bicyclic) bond motifs is 11. The topological polar surface area (TPSA) is 21.1 Å². The second kappa shape index (κ2) is 33.3. The van der Waals surface area contributed by atoms with E-state index in [0.717, 1.165) is 130 Å². The zero-order valence-corrected chi connectivity index (χ0v) is 83.9. The van der Waals surface area contributed by atoms with E-state index in [1.807, 2.05) is 0 Å². The van der Waals surface area contributed by atoms with Gasteiger partial charge in [-0.05, 0) is 265 Å². The van der Waals surface area contributed by atoms with E-state index in [4.69, 9.17) is 0 Å². The Morgan fingerprint density at radius 1 is 0.186 bits per heavy atom. The van der Waals surface area contributed by atoms with Crippen molar-refractivity contribution >= 4 is 153 Å². The number of aromatic nitrogens is 1. The Balaban J connectivity index is 0.796. The molecule has 0 radical (unpaired) electrons. The summed E-state index contributed by atoms with van der Waals surface area (Å²) < 4.78 is 2.60. The smallest absolute Gasteiger partial charge is 0.252 e. The van der Waals surface area contributed by atoms with E-state index in [1.54, 1.807) is 0 Å². The number of anilines is 15. The van der Waals surface area contributed by atoms with Crippen molar-refractivity contribution in [3.63, 3.8) is 0 Å². The van der Waals surface area contributed by atoms with Gasteiger partial charge >= 0.3 is 0 Å². The van der Waals surface area contributed by atoms with Gasteiger partial charge in [0.25, 0.3) is 13.4 Å². The average molecular weight is 1810 g/mol. The third-order valence-electron chi connectivity index (χ3n) is 30.0. The van der Waals surface area contributed by atoms with Crippen molar-refractivity contribution in [3.05, 3.63) is 434 Å². The second-order valence-electron chi connectivity index (χ2n) is 45.4. The Kier molecular flexibility index (Phi) is 21.2. The van der Waals surface area contributed by atoms with Crippen LogP contribution in [0.5, 0.6) is 0 Å². The molecule has 0 unspecified atom stereocenters. The van der Waals surface area contributed by atoms with Gasteiger partial charge in [-0.2, -0.15) is 0 Å². The van der Waals surface area contributed by atoms with E-state index < -0.39 is 0 Å². The molecule has 0 bridgehead atoms. The van der Waals surface area contributed by atoms with Crippen LogP contribution in [0.4, 0.5) is 85.3 Å². The largest absolute Gasteiger partial charge is 0.311 e. The third-order valence-corrected chi connectivity index (χ3v) is 30.0. The molecular formula is C132H120B2N6. The van der Waals surface area contributed by atoms with Crippen LogP contribution in [0.2, 0.25) is 0 Å². The summed E-state index contributed by atoms with van der Waals surface area (Å²) in [5.74, 6) is 0. The average Bonchev–Trinajstić information content (AvgIpc) is 0.992. The first kappa shape index (κ1) is 88.8. The summed E-state index contributed by atoms with van der Waals surface area (Å²) >= 11 is 0. The molecule has 0 spiro atoms. The molecule has 140 heavy (non-hydrogen) atoms. The van der Waals surface area contributed by atoms with Crippen molar-refractivity contribution in [1.82, 2.24) is 4.57 Å². The van der Waals surface area contributed by atoms with Crippen molar-refractivity contribution in [2.75, 3.05) is 24.5 Å². The van der Waals surface area contributed by atoms with Crippen LogP contribution in [0.25, 0.3) is 83.1 Å². The quantitative estimate of drug-likeness (QED) is 0.107. The highest BCUT2D eigenvalue weighted by atomic mass is 15.2. The Morgan fingerprint density at radius 2 is 0.493 bits per heavy atom. The number of hydrogen-bond donors (Lipinski definition) is 0. The molecule has 8 heteroatoms. The summed E-state index contributed by atoms with van der Waals surface area (Å²) in [7, 11) is 0. The second-order valence-corrected chi connectivity index (χ2v) is 45.4. The lowest BCUT2D eigenvalue weighted by molar-refractivity contribution is 0.590. The van der Waals surface area contributed by atoms with Crippen LogP contribution in [-0.2, 0) is 32.5 Å². The molecule has 0 N–H and O–H groups in total. The lowest BCUT2D eigenvalue weighted by atomic mass is 9.33. The molecule has 4 aliphatic rings. The molecule has 0 saturated heterocycles. The van der Waals surface area contributed by atoms with Crippen LogP contribution < -0.4 is 57.3 Å². The molecule has 19 aromatic rings. The first-order valence-corrected chi connectivity index (χ1v) is 50.1. The highest BCUT2D eigenvalue weighted by Gasteiger charge is 2.49. The van der Waals surface area contributed by atoms with Crippen LogP contribution in [0.1, 0.15) is 158 Å². The lowest BCUT2D eigenvalue weighted by Crippen LogP contribution is -2.61. The Bertz CT molecular complexity index is 7870. The van der Waals surface area contributed by atoms with Crippen molar-refractivity contribution in [1.29, 1.82) is 0 Å². The van der Waals surface area contributed by atoms with E-state index in [1.165, 1.54) is 105 Å². The van der Waals surface area contributed by atoms with Crippen molar-refractivity contribution < 1.29 is 0 Å². The number of benzene rings is 18. The molecule has 0 atom stereocenters. The maximum absolute atomic E-state index is 2.68. The van der Waals surface area contributed by atoms with Gasteiger partial charge in [0.2, 0.25) is 0 Å². The fourth-order valence-corrected chi connectivity index (χ4v) is 22.6. The first-order valence-electron chi connectivity index (χ1n) is 50.1. The van der Waals surface area contributed by atoms with Gasteiger partial charge in [-0.3, -0.25) is 0 Å². The van der Waals surface area contributed by atoms with Crippen LogP contribution in [0, 0.1) is 0 Å². The molecule has 0 fully saturated rings. The predicted molar refractivity (Wildman–Crippen MR) is 603 cm³/mol. The van der Waals surface area contributed by atoms with Crippen molar-refractivity contribution in [2.45, 2.75) is 157 Å². The van der Waals surface area contributed by atoms with Crippen LogP contribution in [0.15, 0.2) is 400 Å². The number of hydrogen-bond acceptors (Lipinski definition) is 5. The molecular weight excluding hydrogens is 1690 g/mol. The van der Waals surface area contributed by atoms with Crippen LogP contribution >= 0.6 is 0 Å². The molecule has 4 aliphatic heterocycles. The van der Waals surface area contributed by atoms with Crippen LogP contribution in [0.3, 0.4) is 0 Å². The van der Waals surface area contributed by atoms with E-state index >= 15 is 0 Å². The molecule has 6 nitrogen and oxygen atoms in total. The van der Waals surface area contributed by atoms with Crippen molar-refractivity contribution in [2.24, 2.45) is 0 Å². The van der Waals surface area contributed by atoms with Gasteiger partial charge in [0, 0.05) is 89.9 Å². The van der Waals surface area contributed by atoms with Gasteiger partial charge in [0.1, 0.15) is 0 Å². The standard InChI is InChI=1S/C132H120B2N6/c1-127(2,3)91-62-69-113(103(75-91)87-45-28-21-29-46-87)137-117-58-39-36-55-107(117)134-110-74-90(59-68-118(110)138(114-70-63-92(128(4,5)6)76-104(114)88-47-30-22-31-48-88)122-84-100(83-121(137)126(122)134)136-115-71-64-93(129(7,8)9)77-105(115)106-78-94(130(10,11)12)65-72-116(106)136)89-49-40-52-98(73-89)135(97-50-32-23-33-51-97)99-81-123-125-124(82-99)140(112-57-38-35-54-102(112)86-43-26-20-27-44-86)120-80-96(132(16,17)18)61-67-109(120)133(125)108-66-60-95(131(13,14)15)79-119(108)139(123)111-56-37-34-53-101(111)85-41-24-19-25-42-85/h19-84H,1-18H3. The Hall–Kier alpha value is -15.1. The zero-order chi connectivity index (χ0) is 96.5. The molecule has 18 aromatic carbocycles. The van der Waals surface area contributed by atoms with Gasteiger partial charge in [-0.1, -0.05) is 392 Å². The molecule has 23 rings (SSSR count). The van der Waals surface area contributed by atoms with Gasteiger partial charge in [-0.25, -0.2) is 0 Å². The number of para-hydroxylation sites is 4. The zero-order valence-electron chi connectivity index (χ0n) is 83.9. The molecule has 684 valence electrons. The number of rotatable bonds is 13. The first-order chi connectivity index (χ1) is 67.3. The molecule has 0 amide bonds. The summed E-state index contributed by atoms with van der Waals surface area (Å²) in [6.45, 7) is 41.8. The Morgan fingerprint density at radius 3 is 0.936 bits per heavy atom. The lowest BCUT2D eigenvalue weighted by Gasteiger charge is -2.46. The van der Waals surface area contributed by atoms with Gasteiger partial charge in [-0.15, -0.1) is 0 Å². The van der Waals surface area contributed by atoms with E-state index in [2.05, 4.69) is 554 Å². The van der Waals surface area contributed by atoms with E-state index in [0.29, 0.717) is 0 Å². The minimum absolute atomic E-state index is 0.0965. The monoisotopic (exact) mass is 1810 g/mol. The minimum atomic E-state index is -0.267. The summed E-state index contributed by atoms with van der Waals surface area (Å²) in [5.41, 5.74) is 45.8.